The van der Waals surface area contributed by atoms with Gasteiger partial charge in [-0.3, -0.25) is 9.59 Å². The molecule has 2 heterocycles. The van der Waals surface area contributed by atoms with Gasteiger partial charge in [-0.1, -0.05) is 0 Å². The molecule has 3 rings (SSSR count). The van der Waals surface area contributed by atoms with E-state index in [2.05, 4.69) is 15.9 Å². The first kappa shape index (κ1) is 16.6. The molecule has 0 atom stereocenters. The van der Waals surface area contributed by atoms with Gasteiger partial charge in [-0.05, 0) is 40.2 Å². The Morgan fingerprint density at radius 1 is 0.958 bits per heavy atom. The van der Waals surface area contributed by atoms with Crippen LogP contribution < -0.4 is 0 Å². The van der Waals surface area contributed by atoms with Crippen molar-refractivity contribution >= 4 is 27.7 Å². The molecule has 1 aromatic heterocycles. The smallest absolute Gasteiger partial charge is 0.289 e. The third-order valence-corrected chi connectivity index (χ3v) is 4.23. The monoisotopic (exact) mass is 398 g/mol. The predicted molar refractivity (Wildman–Crippen MR) is 84.6 cm³/mol. The molecule has 0 N–H and O–H groups in total. The van der Waals surface area contributed by atoms with Crippen LogP contribution in [-0.2, 0) is 0 Å². The lowest BCUT2D eigenvalue weighted by atomic mass is 10.1. The zero-order chi connectivity index (χ0) is 17.3. The van der Waals surface area contributed by atoms with Crippen LogP contribution in [-0.4, -0.2) is 47.8 Å². The van der Waals surface area contributed by atoms with Gasteiger partial charge in [0.1, 0.15) is 11.6 Å². The lowest BCUT2D eigenvalue weighted by Crippen LogP contribution is -2.50. The maximum absolute atomic E-state index is 13.7. The van der Waals surface area contributed by atoms with Crippen LogP contribution in [0.4, 0.5) is 8.78 Å². The first-order chi connectivity index (χ1) is 11.5. The Labute approximate surface area is 145 Å². The standard InChI is InChI=1S/C16H13BrF2N2O3/c17-14-4-3-13(24-14)16(23)21-7-5-20(6-8-21)15(22)11-2-1-10(18)9-12(11)19/h1-4,9H,5-8H2. The molecular weight excluding hydrogens is 386 g/mol. The number of amides is 2. The zero-order valence-corrected chi connectivity index (χ0v) is 14.1. The highest BCUT2D eigenvalue weighted by atomic mass is 79.9. The van der Waals surface area contributed by atoms with E-state index < -0.39 is 17.5 Å². The molecule has 1 saturated heterocycles. The van der Waals surface area contributed by atoms with Gasteiger partial charge in [0, 0.05) is 32.2 Å². The minimum atomic E-state index is -0.890. The quantitative estimate of drug-likeness (QED) is 0.781. The molecule has 0 radical (unpaired) electrons. The zero-order valence-electron chi connectivity index (χ0n) is 12.5. The summed E-state index contributed by atoms with van der Waals surface area (Å²) in [5.74, 6) is -2.18. The first-order valence-corrected chi connectivity index (χ1v) is 8.04. The highest BCUT2D eigenvalue weighted by Crippen LogP contribution is 2.18. The molecule has 0 aliphatic carbocycles. The van der Waals surface area contributed by atoms with Gasteiger partial charge in [0.15, 0.2) is 10.4 Å². The van der Waals surface area contributed by atoms with Crippen LogP contribution >= 0.6 is 15.9 Å². The second kappa shape index (κ2) is 6.72. The summed E-state index contributed by atoms with van der Waals surface area (Å²) in [5.41, 5.74) is -0.175. The molecule has 8 heteroatoms. The van der Waals surface area contributed by atoms with Crippen LogP contribution in [0, 0.1) is 11.6 Å². The van der Waals surface area contributed by atoms with Gasteiger partial charge in [-0.25, -0.2) is 8.78 Å². The summed E-state index contributed by atoms with van der Waals surface area (Å²) >= 11 is 3.14. The Morgan fingerprint density at radius 2 is 1.58 bits per heavy atom. The number of rotatable bonds is 2. The summed E-state index contributed by atoms with van der Waals surface area (Å²) in [6.45, 7) is 1.16. The Hall–Kier alpha value is -2.22. The molecular formula is C16H13BrF2N2O3. The van der Waals surface area contributed by atoms with E-state index in [0.29, 0.717) is 23.8 Å². The van der Waals surface area contributed by atoms with Gasteiger partial charge in [-0.2, -0.15) is 0 Å². The number of benzene rings is 1. The SMILES string of the molecule is O=C(c1ccc(Br)o1)N1CCN(C(=O)c2ccc(F)cc2F)CC1. The second-order valence-corrected chi connectivity index (χ2v) is 6.09. The van der Waals surface area contributed by atoms with Crippen molar-refractivity contribution in [1.82, 2.24) is 9.80 Å². The van der Waals surface area contributed by atoms with Crippen molar-refractivity contribution in [3.63, 3.8) is 0 Å². The van der Waals surface area contributed by atoms with Crippen LogP contribution in [0.3, 0.4) is 0 Å². The number of carbonyl (C=O) groups excluding carboxylic acids is 2. The number of halogens is 3. The summed E-state index contributed by atoms with van der Waals surface area (Å²) < 4.78 is 32.3. The fourth-order valence-electron chi connectivity index (χ4n) is 2.53. The molecule has 2 amide bonds. The minimum Gasteiger partial charge on any atom is -0.444 e. The van der Waals surface area contributed by atoms with Gasteiger partial charge in [0.2, 0.25) is 0 Å². The number of hydrogen-bond donors (Lipinski definition) is 0. The molecule has 0 bridgehead atoms. The lowest BCUT2D eigenvalue weighted by Gasteiger charge is -2.34. The third kappa shape index (κ3) is 3.33. The Bertz CT molecular complexity index is 785. The van der Waals surface area contributed by atoms with Crippen molar-refractivity contribution in [2.45, 2.75) is 0 Å². The van der Waals surface area contributed by atoms with E-state index in [1.165, 1.54) is 4.90 Å². The Morgan fingerprint density at radius 3 is 2.12 bits per heavy atom. The normalized spacial score (nSPS) is 14.8. The molecule has 1 fully saturated rings. The molecule has 0 unspecified atom stereocenters. The van der Waals surface area contributed by atoms with Crippen molar-refractivity contribution in [1.29, 1.82) is 0 Å². The molecule has 0 saturated carbocycles. The summed E-state index contributed by atoms with van der Waals surface area (Å²) in [6.07, 6.45) is 0. The first-order valence-electron chi connectivity index (χ1n) is 7.24. The fraction of sp³-hybridized carbons (Fsp3) is 0.250. The third-order valence-electron chi connectivity index (χ3n) is 3.80. The summed E-state index contributed by atoms with van der Waals surface area (Å²) in [5, 5.41) is 0. The topological polar surface area (TPSA) is 53.8 Å². The van der Waals surface area contributed by atoms with E-state index in [9.17, 15) is 18.4 Å². The van der Waals surface area contributed by atoms with Gasteiger partial charge < -0.3 is 14.2 Å². The molecule has 24 heavy (non-hydrogen) atoms. The highest BCUT2D eigenvalue weighted by Gasteiger charge is 2.28. The van der Waals surface area contributed by atoms with Crippen LogP contribution in [0.2, 0.25) is 0 Å². The van der Waals surface area contributed by atoms with Gasteiger partial charge >= 0.3 is 0 Å². The molecule has 1 aliphatic rings. The van der Waals surface area contributed by atoms with Crippen molar-refractivity contribution < 1.29 is 22.8 Å². The lowest BCUT2D eigenvalue weighted by molar-refractivity contribution is 0.0515. The largest absolute Gasteiger partial charge is 0.444 e. The molecule has 1 aliphatic heterocycles. The molecule has 0 spiro atoms. The summed E-state index contributed by atoms with van der Waals surface area (Å²) in [6, 6.07) is 6.06. The Balaban J connectivity index is 1.64. The average molecular weight is 399 g/mol. The van der Waals surface area contributed by atoms with E-state index in [-0.39, 0.29) is 30.3 Å². The molecule has 5 nitrogen and oxygen atoms in total. The number of nitrogens with zero attached hydrogens (tertiary/aromatic N) is 2. The van der Waals surface area contributed by atoms with Gasteiger partial charge in [0.05, 0.1) is 5.56 Å². The highest BCUT2D eigenvalue weighted by molar-refractivity contribution is 9.10. The molecule has 1 aromatic carbocycles. The Kier molecular flexibility index (Phi) is 4.66. The fourth-order valence-corrected chi connectivity index (χ4v) is 2.84. The van der Waals surface area contributed by atoms with Crippen molar-refractivity contribution in [2.24, 2.45) is 0 Å². The number of furan rings is 1. The van der Waals surface area contributed by atoms with E-state index in [4.69, 9.17) is 4.42 Å². The van der Waals surface area contributed by atoms with Crippen molar-refractivity contribution in [3.8, 4) is 0 Å². The second-order valence-electron chi connectivity index (χ2n) is 5.31. The van der Waals surface area contributed by atoms with Gasteiger partial charge in [-0.15, -0.1) is 0 Å². The predicted octanol–water partition coefficient (Wildman–Crippen LogP) is 2.92. The van der Waals surface area contributed by atoms with Crippen molar-refractivity contribution in [2.75, 3.05) is 26.2 Å². The van der Waals surface area contributed by atoms with Crippen LogP contribution in [0.5, 0.6) is 0 Å². The maximum atomic E-state index is 13.7. The van der Waals surface area contributed by atoms with E-state index >= 15 is 0 Å². The molecule has 2 aromatic rings. The summed E-state index contributed by atoms with van der Waals surface area (Å²) in [4.78, 5) is 27.6. The van der Waals surface area contributed by atoms with Crippen LogP contribution in [0.25, 0.3) is 0 Å². The van der Waals surface area contributed by atoms with E-state index in [0.717, 1.165) is 12.1 Å². The van der Waals surface area contributed by atoms with Crippen LogP contribution in [0.1, 0.15) is 20.9 Å². The van der Waals surface area contributed by atoms with E-state index in [1.54, 1.807) is 17.0 Å². The molecule has 126 valence electrons. The maximum Gasteiger partial charge on any atom is 0.289 e. The van der Waals surface area contributed by atoms with E-state index in [1.807, 2.05) is 0 Å². The van der Waals surface area contributed by atoms with Gasteiger partial charge in [0.25, 0.3) is 11.8 Å². The minimum absolute atomic E-state index is 0.175. The number of piperazine rings is 1. The van der Waals surface area contributed by atoms with Crippen molar-refractivity contribution in [3.05, 3.63) is 58.0 Å². The number of carbonyl (C=O) groups is 2. The average Bonchev–Trinajstić information content (AvgIpc) is 3.00. The summed E-state index contributed by atoms with van der Waals surface area (Å²) in [7, 11) is 0. The van der Waals surface area contributed by atoms with Crippen LogP contribution in [0.15, 0.2) is 39.4 Å². The number of hydrogen-bond acceptors (Lipinski definition) is 3.